The van der Waals surface area contributed by atoms with Crippen LogP contribution in [0.5, 0.6) is 0 Å². The minimum atomic E-state index is -0.462. The van der Waals surface area contributed by atoms with Gasteiger partial charge in [-0.25, -0.2) is 4.39 Å². The average molecular weight is 376 g/mol. The van der Waals surface area contributed by atoms with Crippen molar-refractivity contribution in [2.75, 3.05) is 36.4 Å². The van der Waals surface area contributed by atoms with Gasteiger partial charge in [0.1, 0.15) is 5.82 Å². The van der Waals surface area contributed by atoms with E-state index in [4.69, 9.17) is 11.6 Å². The van der Waals surface area contributed by atoms with Crippen LogP contribution in [0.3, 0.4) is 0 Å². The first-order valence-electron chi connectivity index (χ1n) is 8.31. The first-order chi connectivity index (χ1) is 12.4. The number of hydrogen-bond donors (Lipinski definition) is 1. The van der Waals surface area contributed by atoms with Crippen molar-refractivity contribution in [1.29, 1.82) is 0 Å². The van der Waals surface area contributed by atoms with Gasteiger partial charge in [-0.3, -0.25) is 9.59 Å². The Labute approximate surface area is 156 Å². The van der Waals surface area contributed by atoms with Gasteiger partial charge < -0.3 is 15.1 Å². The number of amides is 2. The smallest absolute Gasteiger partial charge is 0.255 e. The van der Waals surface area contributed by atoms with E-state index < -0.39 is 11.7 Å². The number of rotatable bonds is 3. The van der Waals surface area contributed by atoms with Crippen molar-refractivity contribution in [3.8, 4) is 0 Å². The molecule has 1 N–H and O–H groups in total. The third-order valence-corrected chi connectivity index (χ3v) is 4.66. The lowest BCUT2D eigenvalue weighted by atomic mass is 10.2. The molecule has 0 bridgehead atoms. The van der Waals surface area contributed by atoms with Gasteiger partial charge in [-0.2, -0.15) is 0 Å². The summed E-state index contributed by atoms with van der Waals surface area (Å²) in [4.78, 5) is 27.5. The molecule has 0 saturated carbocycles. The van der Waals surface area contributed by atoms with Gasteiger partial charge in [0.25, 0.3) is 5.91 Å². The number of nitrogens with zero attached hydrogens (tertiary/aromatic N) is 2. The second-order valence-corrected chi connectivity index (χ2v) is 6.53. The molecule has 2 aromatic rings. The number of piperazine rings is 1. The summed E-state index contributed by atoms with van der Waals surface area (Å²) in [6.45, 7) is 4.29. The predicted octanol–water partition coefficient (Wildman–Crippen LogP) is 3.40. The Hall–Kier alpha value is -2.60. The molecule has 2 amide bonds. The standard InChI is InChI=1S/C19H19ClFN3O2/c1-13(25)23-7-9-24(10-8-23)18-6-5-16(12-17(18)20)22-19(26)14-3-2-4-15(21)11-14/h2-6,11-12H,7-10H2,1H3,(H,22,26). The lowest BCUT2D eigenvalue weighted by molar-refractivity contribution is -0.129. The Morgan fingerprint density at radius 1 is 1.08 bits per heavy atom. The molecule has 0 aromatic heterocycles. The molecule has 1 aliphatic heterocycles. The maximum atomic E-state index is 13.2. The molecule has 1 saturated heterocycles. The zero-order chi connectivity index (χ0) is 18.7. The second kappa shape index (κ2) is 7.74. The zero-order valence-electron chi connectivity index (χ0n) is 14.3. The monoisotopic (exact) mass is 375 g/mol. The highest BCUT2D eigenvalue weighted by Gasteiger charge is 2.20. The van der Waals surface area contributed by atoms with Crippen molar-refractivity contribution in [3.63, 3.8) is 0 Å². The molecule has 0 atom stereocenters. The van der Waals surface area contributed by atoms with Gasteiger partial charge in [-0.15, -0.1) is 0 Å². The minimum Gasteiger partial charge on any atom is -0.367 e. The highest BCUT2D eigenvalue weighted by Crippen LogP contribution is 2.30. The van der Waals surface area contributed by atoms with Crippen molar-refractivity contribution < 1.29 is 14.0 Å². The Balaban J connectivity index is 1.68. The zero-order valence-corrected chi connectivity index (χ0v) is 15.1. The number of hydrogen-bond acceptors (Lipinski definition) is 3. The van der Waals surface area contributed by atoms with Crippen molar-refractivity contribution in [1.82, 2.24) is 4.90 Å². The van der Waals surface area contributed by atoms with Crippen LogP contribution in [0.15, 0.2) is 42.5 Å². The Bertz CT molecular complexity index is 835. The molecular weight excluding hydrogens is 357 g/mol. The highest BCUT2D eigenvalue weighted by molar-refractivity contribution is 6.33. The molecule has 3 rings (SSSR count). The van der Waals surface area contributed by atoms with Crippen LogP contribution in [0.4, 0.5) is 15.8 Å². The van der Waals surface area contributed by atoms with Gasteiger partial charge in [-0.05, 0) is 36.4 Å². The summed E-state index contributed by atoms with van der Waals surface area (Å²) in [6, 6.07) is 10.8. The molecule has 1 fully saturated rings. The van der Waals surface area contributed by atoms with Crippen LogP contribution in [-0.4, -0.2) is 42.9 Å². The summed E-state index contributed by atoms with van der Waals surface area (Å²) in [5.41, 5.74) is 1.64. The normalized spacial score (nSPS) is 14.3. The van der Waals surface area contributed by atoms with E-state index >= 15 is 0 Å². The number of anilines is 2. The van der Waals surface area contributed by atoms with Crippen LogP contribution in [0, 0.1) is 5.82 Å². The molecule has 7 heteroatoms. The lowest BCUT2D eigenvalue weighted by Gasteiger charge is -2.36. The fourth-order valence-corrected chi connectivity index (χ4v) is 3.24. The van der Waals surface area contributed by atoms with E-state index in [0.29, 0.717) is 36.9 Å². The van der Waals surface area contributed by atoms with Crippen LogP contribution in [0.2, 0.25) is 5.02 Å². The minimum absolute atomic E-state index is 0.0751. The average Bonchev–Trinajstić information content (AvgIpc) is 2.62. The Morgan fingerprint density at radius 3 is 2.42 bits per heavy atom. The second-order valence-electron chi connectivity index (χ2n) is 6.12. The van der Waals surface area contributed by atoms with E-state index in [2.05, 4.69) is 10.2 Å². The van der Waals surface area contributed by atoms with Gasteiger partial charge >= 0.3 is 0 Å². The van der Waals surface area contributed by atoms with E-state index in [1.54, 1.807) is 30.0 Å². The predicted molar refractivity (Wildman–Crippen MR) is 100 cm³/mol. The van der Waals surface area contributed by atoms with Gasteiger partial charge in [-0.1, -0.05) is 17.7 Å². The number of halogens is 2. The van der Waals surface area contributed by atoms with Crippen molar-refractivity contribution in [3.05, 3.63) is 58.9 Å². The molecule has 0 aliphatic carbocycles. The summed E-state index contributed by atoms with van der Waals surface area (Å²) in [5, 5.41) is 3.23. The van der Waals surface area contributed by atoms with Gasteiger partial charge in [0, 0.05) is 44.4 Å². The number of carbonyl (C=O) groups excluding carboxylic acids is 2. The lowest BCUT2D eigenvalue weighted by Crippen LogP contribution is -2.48. The Morgan fingerprint density at radius 2 is 1.81 bits per heavy atom. The first-order valence-corrected chi connectivity index (χ1v) is 8.69. The summed E-state index contributed by atoms with van der Waals surface area (Å²) < 4.78 is 13.2. The quantitative estimate of drug-likeness (QED) is 0.894. The van der Waals surface area contributed by atoms with Crippen LogP contribution in [0.25, 0.3) is 0 Å². The van der Waals surface area contributed by atoms with E-state index in [9.17, 15) is 14.0 Å². The van der Waals surface area contributed by atoms with Crippen molar-refractivity contribution in [2.24, 2.45) is 0 Å². The maximum Gasteiger partial charge on any atom is 0.255 e. The van der Waals surface area contributed by atoms with Crippen molar-refractivity contribution >= 4 is 34.8 Å². The molecule has 1 aliphatic rings. The SMILES string of the molecule is CC(=O)N1CCN(c2ccc(NC(=O)c3cccc(F)c3)cc2Cl)CC1. The number of nitrogens with one attached hydrogen (secondary N) is 1. The third-order valence-electron chi connectivity index (χ3n) is 4.36. The van der Waals surface area contributed by atoms with Gasteiger partial charge in [0.2, 0.25) is 5.91 Å². The molecular formula is C19H19ClFN3O2. The third kappa shape index (κ3) is 4.14. The topological polar surface area (TPSA) is 52.7 Å². The van der Waals surface area contributed by atoms with Crippen LogP contribution in [0.1, 0.15) is 17.3 Å². The van der Waals surface area contributed by atoms with Crippen molar-refractivity contribution in [2.45, 2.75) is 6.92 Å². The Kier molecular flexibility index (Phi) is 5.42. The molecule has 26 heavy (non-hydrogen) atoms. The van der Waals surface area contributed by atoms with E-state index in [0.717, 1.165) is 5.69 Å². The van der Waals surface area contributed by atoms with Crippen LogP contribution < -0.4 is 10.2 Å². The molecule has 136 valence electrons. The molecule has 0 radical (unpaired) electrons. The van der Waals surface area contributed by atoms with E-state index in [1.807, 2.05) is 6.07 Å². The largest absolute Gasteiger partial charge is 0.367 e. The highest BCUT2D eigenvalue weighted by atomic mass is 35.5. The number of carbonyl (C=O) groups is 2. The fourth-order valence-electron chi connectivity index (χ4n) is 2.94. The molecule has 0 spiro atoms. The molecule has 1 heterocycles. The summed E-state index contributed by atoms with van der Waals surface area (Å²) in [7, 11) is 0. The summed E-state index contributed by atoms with van der Waals surface area (Å²) >= 11 is 6.38. The van der Waals surface area contributed by atoms with Crippen LogP contribution >= 0.6 is 11.6 Å². The van der Waals surface area contributed by atoms with E-state index in [1.165, 1.54) is 18.2 Å². The molecule has 5 nitrogen and oxygen atoms in total. The molecule has 0 unspecified atom stereocenters. The van der Waals surface area contributed by atoms with E-state index in [-0.39, 0.29) is 11.5 Å². The summed E-state index contributed by atoms with van der Waals surface area (Å²) in [6.07, 6.45) is 0. The molecule has 2 aromatic carbocycles. The van der Waals surface area contributed by atoms with Crippen LogP contribution in [-0.2, 0) is 4.79 Å². The van der Waals surface area contributed by atoms with Gasteiger partial charge in [0.05, 0.1) is 10.7 Å². The van der Waals surface area contributed by atoms with Gasteiger partial charge in [0.15, 0.2) is 0 Å². The maximum absolute atomic E-state index is 13.2. The summed E-state index contributed by atoms with van der Waals surface area (Å²) in [5.74, 6) is -0.787. The first kappa shape index (κ1) is 18.2. The number of benzene rings is 2. The fraction of sp³-hybridized carbons (Fsp3) is 0.263.